The lowest BCUT2D eigenvalue weighted by molar-refractivity contribution is -0.139. The summed E-state index contributed by atoms with van der Waals surface area (Å²) in [6.45, 7) is 4.94. The lowest BCUT2D eigenvalue weighted by Crippen LogP contribution is -2.51. The highest BCUT2D eigenvalue weighted by Crippen LogP contribution is 2.60. The van der Waals surface area contributed by atoms with Crippen LogP contribution in [-0.4, -0.2) is 46.7 Å². The summed E-state index contributed by atoms with van der Waals surface area (Å²) in [4.78, 5) is 26.0. The molecule has 2 saturated heterocycles. The molecule has 1 N–H and O–H groups in total. The van der Waals surface area contributed by atoms with Gasteiger partial charge < -0.3 is 14.9 Å². The monoisotopic (exact) mass is 330 g/mol. The van der Waals surface area contributed by atoms with Crippen LogP contribution in [0.25, 0.3) is 10.3 Å². The van der Waals surface area contributed by atoms with Crippen LogP contribution in [0.3, 0.4) is 0 Å². The van der Waals surface area contributed by atoms with Crippen molar-refractivity contribution in [3.8, 4) is 0 Å². The van der Waals surface area contributed by atoms with Crippen molar-refractivity contribution in [3.05, 3.63) is 11.6 Å². The van der Waals surface area contributed by atoms with Crippen molar-refractivity contribution in [3.63, 3.8) is 0 Å². The first kappa shape index (κ1) is 13.5. The molecule has 0 radical (unpaired) electrons. The Kier molecular flexibility index (Phi) is 2.56. The Morgan fingerprint density at radius 1 is 1.48 bits per heavy atom. The standard InChI is InChI=1S/C16H18N4O2S/c1-9-2-3-20(9)12-4-11(13-14(18-12)23-8-17-13)19-6-16(7-19)5-10(16)15(21)22/h4,8-10H,2-3,5-7H2,1H3,(H,21,22)/t9-,10?/m0/s1. The van der Waals surface area contributed by atoms with Gasteiger partial charge in [-0.3, -0.25) is 4.79 Å². The molecular weight excluding hydrogens is 312 g/mol. The van der Waals surface area contributed by atoms with Crippen molar-refractivity contribution in [1.29, 1.82) is 0 Å². The van der Waals surface area contributed by atoms with E-state index in [0.29, 0.717) is 6.04 Å². The molecule has 23 heavy (non-hydrogen) atoms. The molecule has 5 rings (SSSR count). The number of fused-ring (bicyclic) bond motifs is 1. The summed E-state index contributed by atoms with van der Waals surface area (Å²) in [7, 11) is 0. The number of carboxylic acids is 1. The zero-order valence-electron chi connectivity index (χ0n) is 12.9. The molecule has 1 saturated carbocycles. The SMILES string of the molecule is C[C@H]1CCN1c1cc(N2CC3(CC3C(=O)O)C2)c2ncsc2n1. The number of aromatic nitrogens is 2. The first-order chi connectivity index (χ1) is 11.1. The van der Waals surface area contributed by atoms with Crippen LogP contribution in [0.4, 0.5) is 11.5 Å². The van der Waals surface area contributed by atoms with Crippen molar-refractivity contribution in [2.24, 2.45) is 11.3 Å². The number of pyridine rings is 1. The number of thiazole rings is 1. The maximum atomic E-state index is 11.2. The normalized spacial score (nSPS) is 27.9. The summed E-state index contributed by atoms with van der Waals surface area (Å²) in [6, 6.07) is 2.69. The molecule has 2 atom stereocenters. The highest BCUT2D eigenvalue weighted by atomic mass is 32.1. The molecule has 1 spiro atoms. The van der Waals surface area contributed by atoms with Gasteiger partial charge in [0.25, 0.3) is 0 Å². The fraction of sp³-hybridized carbons (Fsp3) is 0.562. The third-order valence-electron chi connectivity index (χ3n) is 5.73. The summed E-state index contributed by atoms with van der Waals surface area (Å²) >= 11 is 1.57. The van der Waals surface area contributed by atoms with E-state index >= 15 is 0 Å². The second-order valence-corrected chi connectivity index (χ2v) is 7.98. The Morgan fingerprint density at radius 2 is 2.30 bits per heavy atom. The quantitative estimate of drug-likeness (QED) is 0.930. The Labute approximate surface area is 137 Å². The lowest BCUT2D eigenvalue weighted by atomic mass is 9.92. The van der Waals surface area contributed by atoms with Gasteiger partial charge in [-0.2, -0.15) is 0 Å². The molecule has 2 aliphatic heterocycles. The highest BCUT2D eigenvalue weighted by molar-refractivity contribution is 7.16. The van der Waals surface area contributed by atoms with Crippen LogP contribution in [0, 0.1) is 11.3 Å². The number of nitrogens with zero attached hydrogens (tertiary/aromatic N) is 4. The van der Waals surface area contributed by atoms with E-state index in [-0.39, 0.29) is 11.3 Å². The second kappa shape index (κ2) is 4.35. The van der Waals surface area contributed by atoms with E-state index in [1.54, 1.807) is 11.3 Å². The zero-order chi connectivity index (χ0) is 15.8. The van der Waals surface area contributed by atoms with Gasteiger partial charge in [0.05, 0.1) is 17.1 Å². The van der Waals surface area contributed by atoms with Crippen LogP contribution in [0.15, 0.2) is 11.6 Å². The van der Waals surface area contributed by atoms with Crippen molar-refractivity contribution in [1.82, 2.24) is 9.97 Å². The average molecular weight is 330 g/mol. The van der Waals surface area contributed by atoms with E-state index in [0.717, 1.165) is 47.9 Å². The fourth-order valence-electron chi connectivity index (χ4n) is 4.00. The Bertz CT molecular complexity index is 814. The van der Waals surface area contributed by atoms with Crippen LogP contribution < -0.4 is 9.80 Å². The molecule has 3 aliphatic rings. The minimum Gasteiger partial charge on any atom is -0.481 e. The topological polar surface area (TPSA) is 69.6 Å². The molecule has 0 aromatic carbocycles. The van der Waals surface area contributed by atoms with Gasteiger partial charge in [-0.1, -0.05) is 0 Å². The van der Waals surface area contributed by atoms with Crippen molar-refractivity contribution in [2.75, 3.05) is 29.4 Å². The molecule has 2 aromatic heterocycles. The number of hydrogen-bond donors (Lipinski definition) is 1. The van der Waals surface area contributed by atoms with E-state index < -0.39 is 5.97 Å². The van der Waals surface area contributed by atoms with Gasteiger partial charge in [0, 0.05) is 37.2 Å². The molecule has 2 aromatic rings. The number of hydrogen-bond acceptors (Lipinski definition) is 6. The van der Waals surface area contributed by atoms with Gasteiger partial charge in [0.2, 0.25) is 0 Å². The Morgan fingerprint density at radius 3 is 2.91 bits per heavy atom. The van der Waals surface area contributed by atoms with Gasteiger partial charge in [0.1, 0.15) is 16.2 Å². The predicted octanol–water partition coefficient (Wildman–Crippen LogP) is 2.20. The van der Waals surface area contributed by atoms with E-state index in [4.69, 9.17) is 4.98 Å². The van der Waals surface area contributed by atoms with E-state index in [2.05, 4.69) is 27.8 Å². The van der Waals surface area contributed by atoms with Gasteiger partial charge in [-0.25, -0.2) is 9.97 Å². The zero-order valence-corrected chi connectivity index (χ0v) is 13.7. The smallest absolute Gasteiger partial charge is 0.307 e. The van der Waals surface area contributed by atoms with Gasteiger partial charge in [-0.15, -0.1) is 11.3 Å². The maximum absolute atomic E-state index is 11.2. The minimum atomic E-state index is -0.645. The Balaban J connectivity index is 1.47. The molecule has 0 amide bonds. The van der Waals surface area contributed by atoms with Gasteiger partial charge >= 0.3 is 5.97 Å². The minimum absolute atomic E-state index is 0.0155. The highest BCUT2D eigenvalue weighted by Gasteiger charge is 2.65. The molecule has 120 valence electrons. The molecule has 7 heteroatoms. The maximum Gasteiger partial charge on any atom is 0.307 e. The third kappa shape index (κ3) is 1.83. The van der Waals surface area contributed by atoms with Crippen LogP contribution in [0.2, 0.25) is 0 Å². The van der Waals surface area contributed by atoms with Crippen LogP contribution in [0.5, 0.6) is 0 Å². The molecular formula is C16H18N4O2S. The van der Waals surface area contributed by atoms with Crippen molar-refractivity contribution in [2.45, 2.75) is 25.8 Å². The number of anilines is 2. The summed E-state index contributed by atoms with van der Waals surface area (Å²) < 4.78 is 0. The molecule has 1 aliphatic carbocycles. The average Bonchev–Trinajstić information content (AvgIpc) is 3.06. The number of aliphatic carboxylic acids is 1. The Hall–Kier alpha value is -1.89. The van der Waals surface area contributed by atoms with Crippen molar-refractivity contribution >= 4 is 39.2 Å². The molecule has 3 fully saturated rings. The summed E-state index contributed by atoms with van der Waals surface area (Å²) in [5.74, 6) is 0.233. The van der Waals surface area contributed by atoms with Crippen LogP contribution in [-0.2, 0) is 4.79 Å². The first-order valence-corrected chi connectivity index (χ1v) is 8.94. The van der Waals surface area contributed by atoms with E-state index in [1.807, 2.05) is 5.51 Å². The van der Waals surface area contributed by atoms with Crippen LogP contribution in [0.1, 0.15) is 19.8 Å². The van der Waals surface area contributed by atoms with Gasteiger partial charge in [-0.05, 0) is 19.8 Å². The number of carboxylic acid groups (broad SMARTS) is 1. The predicted molar refractivity (Wildman–Crippen MR) is 89.2 cm³/mol. The fourth-order valence-corrected chi connectivity index (χ4v) is 4.67. The third-order valence-corrected chi connectivity index (χ3v) is 6.45. The number of rotatable bonds is 3. The lowest BCUT2D eigenvalue weighted by Gasteiger charge is -2.44. The van der Waals surface area contributed by atoms with E-state index in [9.17, 15) is 9.90 Å². The van der Waals surface area contributed by atoms with Crippen LogP contribution >= 0.6 is 11.3 Å². The first-order valence-electron chi connectivity index (χ1n) is 8.06. The second-order valence-electron chi connectivity index (χ2n) is 7.15. The molecule has 1 unspecified atom stereocenters. The van der Waals surface area contributed by atoms with E-state index in [1.165, 1.54) is 6.42 Å². The largest absolute Gasteiger partial charge is 0.481 e. The number of carbonyl (C=O) groups is 1. The summed E-state index contributed by atoms with van der Waals surface area (Å²) in [6.07, 6.45) is 2.03. The summed E-state index contributed by atoms with van der Waals surface area (Å²) in [5.41, 5.74) is 3.93. The molecule has 4 heterocycles. The van der Waals surface area contributed by atoms with Gasteiger partial charge in [0.15, 0.2) is 0 Å². The summed E-state index contributed by atoms with van der Waals surface area (Å²) in [5, 5.41) is 9.19. The van der Waals surface area contributed by atoms with Crippen molar-refractivity contribution < 1.29 is 9.90 Å². The molecule has 0 bridgehead atoms. The molecule has 6 nitrogen and oxygen atoms in total.